The largest absolute Gasteiger partial charge is 0.435 e. The molecule has 1 heterocycles. The van der Waals surface area contributed by atoms with Crippen LogP contribution >= 0.6 is 0 Å². The Morgan fingerprint density at radius 2 is 1.81 bits per heavy atom. The van der Waals surface area contributed by atoms with Gasteiger partial charge in [-0.1, -0.05) is 36.4 Å². The fourth-order valence-electron chi connectivity index (χ4n) is 2.45. The van der Waals surface area contributed by atoms with E-state index in [0.29, 0.717) is 12.0 Å². The first-order chi connectivity index (χ1) is 10.1. The molecule has 0 unspecified atom stereocenters. The highest BCUT2D eigenvalue weighted by atomic mass is 19.3. The first-order valence-electron chi connectivity index (χ1n) is 6.58. The maximum atomic E-state index is 12.5. The van der Waals surface area contributed by atoms with Gasteiger partial charge in [0, 0.05) is 24.4 Å². The Bertz CT molecular complexity index is 768. The highest BCUT2D eigenvalue weighted by Gasteiger charge is 2.13. The van der Waals surface area contributed by atoms with Gasteiger partial charge in [0.2, 0.25) is 0 Å². The number of alkyl halides is 2. The Balaban J connectivity index is 2.01. The molecule has 0 atom stereocenters. The Morgan fingerprint density at radius 1 is 1.10 bits per heavy atom. The highest BCUT2D eigenvalue weighted by molar-refractivity contribution is 5.81. The minimum absolute atomic E-state index is 0.206. The van der Waals surface area contributed by atoms with E-state index in [1.54, 1.807) is 22.9 Å². The van der Waals surface area contributed by atoms with Crippen molar-refractivity contribution in [1.29, 1.82) is 0 Å². The molecule has 1 aromatic heterocycles. The molecule has 2 aromatic carbocycles. The molecule has 0 aliphatic rings. The van der Waals surface area contributed by atoms with E-state index in [0.717, 1.165) is 16.6 Å². The van der Waals surface area contributed by atoms with E-state index in [2.05, 4.69) is 9.84 Å². The van der Waals surface area contributed by atoms with Crippen LogP contribution in [0.15, 0.2) is 48.5 Å². The lowest BCUT2D eigenvalue weighted by Crippen LogP contribution is -2.06. The molecule has 108 valence electrons. The number of hydrogen-bond acceptors (Lipinski definition) is 2. The number of nitrogens with zero attached hydrogens (tertiary/aromatic N) is 2. The molecule has 0 radical (unpaired) electrons. The van der Waals surface area contributed by atoms with Crippen LogP contribution in [0, 0.1) is 0 Å². The van der Waals surface area contributed by atoms with Crippen LogP contribution in [-0.4, -0.2) is 16.4 Å². The van der Waals surface area contributed by atoms with Crippen LogP contribution < -0.4 is 4.74 Å². The quantitative estimate of drug-likeness (QED) is 0.731. The van der Waals surface area contributed by atoms with Gasteiger partial charge in [0.05, 0.1) is 11.2 Å². The molecule has 0 saturated heterocycles. The van der Waals surface area contributed by atoms with E-state index in [1.165, 1.54) is 0 Å². The zero-order valence-electron chi connectivity index (χ0n) is 11.5. The average Bonchev–Trinajstić information content (AvgIpc) is 2.77. The van der Waals surface area contributed by atoms with Gasteiger partial charge in [-0.2, -0.15) is 13.9 Å². The number of aromatic nitrogens is 2. The van der Waals surface area contributed by atoms with E-state index in [4.69, 9.17) is 0 Å². The van der Waals surface area contributed by atoms with E-state index < -0.39 is 6.61 Å². The van der Waals surface area contributed by atoms with Crippen molar-refractivity contribution in [2.24, 2.45) is 7.05 Å². The van der Waals surface area contributed by atoms with Gasteiger partial charge in [0.25, 0.3) is 0 Å². The lowest BCUT2D eigenvalue weighted by Gasteiger charge is -2.10. The highest BCUT2D eigenvalue weighted by Crippen LogP contribution is 2.26. The first kappa shape index (κ1) is 13.5. The summed E-state index contributed by atoms with van der Waals surface area (Å²) in [5.74, 6) is 0.206. The molecule has 21 heavy (non-hydrogen) atoms. The van der Waals surface area contributed by atoms with Gasteiger partial charge in [-0.25, -0.2) is 0 Å². The Labute approximate surface area is 120 Å². The van der Waals surface area contributed by atoms with Gasteiger partial charge < -0.3 is 4.74 Å². The van der Waals surface area contributed by atoms with Crippen LogP contribution in [0.5, 0.6) is 5.75 Å². The summed E-state index contributed by atoms with van der Waals surface area (Å²) >= 11 is 0. The Hall–Kier alpha value is -2.43. The van der Waals surface area contributed by atoms with Gasteiger partial charge in [0.15, 0.2) is 0 Å². The summed E-state index contributed by atoms with van der Waals surface area (Å²) in [7, 11) is 1.85. The number of halogens is 2. The predicted octanol–water partition coefficient (Wildman–Crippen LogP) is 3.77. The van der Waals surface area contributed by atoms with Crippen LogP contribution in [0.4, 0.5) is 8.78 Å². The number of rotatable bonds is 4. The summed E-state index contributed by atoms with van der Waals surface area (Å²) in [6.07, 6.45) is 0.486. The summed E-state index contributed by atoms with van der Waals surface area (Å²) < 4.78 is 31.3. The molecule has 5 heteroatoms. The predicted molar refractivity (Wildman–Crippen MR) is 76.6 cm³/mol. The van der Waals surface area contributed by atoms with Crippen molar-refractivity contribution in [2.45, 2.75) is 13.0 Å². The monoisotopic (exact) mass is 288 g/mol. The molecule has 0 spiro atoms. The third-order valence-electron chi connectivity index (χ3n) is 3.41. The SMILES string of the molecule is Cn1nc2ccccc2c1Cc1ccccc1OC(F)F. The molecule has 0 N–H and O–H groups in total. The van der Waals surface area contributed by atoms with E-state index in [-0.39, 0.29) is 5.75 Å². The maximum Gasteiger partial charge on any atom is 0.387 e. The van der Waals surface area contributed by atoms with Crippen molar-refractivity contribution in [3.63, 3.8) is 0 Å². The summed E-state index contributed by atoms with van der Waals surface area (Å²) in [6.45, 7) is -2.82. The third kappa shape index (κ3) is 2.72. The Morgan fingerprint density at radius 3 is 2.62 bits per heavy atom. The molecule has 0 aliphatic heterocycles. The van der Waals surface area contributed by atoms with Crippen molar-refractivity contribution >= 4 is 10.9 Å². The fraction of sp³-hybridized carbons (Fsp3) is 0.188. The van der Waals surface area contributed by atoms with Crippen LogP contribution in [0.1, 0.15) is 11.3 Å². The van der Waals surface area contributed by atoms with Gasteiger partial charge >= 0.3 is 6.61 Å². The zero-order chi connectivity index (χ0) is 14.8. The number of benzene rings is 2. The van der Waals surface area contributed by atoms with Crippen LogP contribution in [0.3, 0.4) is 0 Å². The van der Waals surface area contributed by atoms with Crippen LogP contribution in [0.2, 0.25) is 0 Å². The molecule has 3 rings (SSSR count). The smallest absolute Gasteiger partial charge is 0.387 e. The van der Waals surface area contributed by atoms with E-state index in [9.17, 15) is 8.78 Å². The van der Waals surface area contributed by atoms with Crippen LogP contribution in [-0.2, 0) is 13.5 Å². The van der Waals surface area contributed by atoms with Gasteiger partial charge in [-0.15, -0.1) is 0 Å². The number of hydrogen-bond donors (Lipinski definition) is 0. The zero-order valence-corrected chi connectivity index (χ0v) is 11.5. The molecule has 0 amide bonds. The second-order valence-electron chi connectivity index (χ2n) is 4.75. The average molecular weight is 288 g/mol. The molecule has 0 fully saturated rings. The van der Waals surface area contributed by atoms with Crippen LogP contribution in [0.25, 0.3) is 10.9 Å². The van der Waals surface area contributed by atoms with E-state index >= 15 is 0 Å². The van der Waals surface area contributed by atoms with Gasteiger partial charge in [-0.05, 0) is 12.1 Å². The second kappa shape index (κ2) is 5.52. The second-order valence-corrected chi connectivity index (χ2v) is 4.75. The minimum atomic E-state index is -2.82. The van der Waals surface area contributed by atoms with Gasteiger partial charge in [-0.3, -0.25) is 4.68 Å². The number of ether oxygens (including phenoxy) is 1. The molecule has 3 nitrogen and oxygen atoms in total. The molecular weight excluding hydrogens is 274 g/mol. The van der Waals surface area contributed by atoms with Crippen molar-refractivity contribution in [3.8, 4) is 5.75 Å². The fourth-order valence-corrected chi connectivity index (χ4v) is 2.45. The Kier molecular flexibility index (Phi) is 3.56. The third-order valence-corrected chi connectivity index (χ3v) is 3.41. The molecule has 3 aromatic rings. The summed E-state index contributed by atoms with van der Waals surface area (Å²) in [5.41, 5.74) is 2.57. The van der Waals surface area contributed by atoms with Crippen molar-refractivity contribution in [3.05, 3.63) is 59.8 Å². The topological polar surface area (TPSA) is 27.1 Å². The molecule has 0 bridgehead atoms. The summed E-state index contributed by atoms with van der Waals surface area (Å²) in [5, 5.41) is 5.45. The normalized spacial score (nSPS) is 11.2. The molecule has 0 aliphatic carbocycles. The standard InChI is InChI=1S/C16H14F2N2O/c1-20-14(12-7-3-4-8-13(12)19-20)10-11-6-2-5-9-15(11)21-16(17)18/h2-9,16H,10H2,1H3. The maximum absolute atomic E-state index is 12.5. The summed E-state index contributed by atoms with van der Waals surface area (Å²) in [4.78, 5) is 0. The minimum Gasteiger partial charge on any atom is -0.435 e. The molecular formula is C16H14F2N2O. The van der Waals surface area contributed by atoms with Crippen molar-refractivity contribution in [2.75, 3.05) is 0 Å². The number of fused-ring (bicyclic) bond motifs is 1. The summed E-state index contributed by atoms with van der Waals surface area (Å²) in [6, 6.07) is 14.6. The lowest BCUT2D eigenvalue weighted by molar-refractivity contribution is -0.0503. The lowest BCUT2D eigenvalue weighted by atomic mass is 10.1. The first-order valence-corrected chi connectivity index (χ1v) is 6.58. The number of para-hydroxylation sites is 1. The van der Waals surface area contributed by atoms with Crippen molar-refractivity contribution < 1.29 is 13.5 Å². The number of aryl methyl sites for hydroxylation is 1. The van der Waals surface area contributed by atoms with Crippen molar-refractivity contribution in [1.82, 2.24) is 9.78 Å². The molecule has 0 saturated carbocycles. The van der Waals surface area contributed by atoms with Gasteiger partial charge in [0.1, 0.15) is 5.75 Å². The van der Waals surface area contributed by atoms with E-state index in [1.807, 2.05) is 37.4 Å².